The number of fused-ring (bicyclic) bond motifs is 1. The van der Waals surface area contributed by atoms with Crippen molar-refractivity contribution in [1.29, 1.82) is 0 Å². The molecule has 1 aromatic carbocycles. The van der Waals surface area contributed by atoms with Crippen LogP contribution in [-0.4, -0.2) is 17.6 Å². The summed E-state index contributed by atoms with van der Waals surface area (Å²) < 4.78 is 4.93. The molecule has 0 bridgehead atoms. The van der Waals surface area contributed by atoms with Gasteiger partial charge in [-0.25, -0.2) is 4.79 Å². The number of hydrogen-bond acceptors (Lipinski definition) is 3. The Morgan fingerprint density at radius 2 is 2.25 bits per heavy atom. The van der Waals surface area contributed by atoms with Crippen molar-refractivity contribution in [1.82, 2.24) is 4.98 Å². The van der Waals surface area contributed by atoms with Crippen LogP contribution < -0.4 is 5.73 Å². The number of nitrogens with one attached hydrogen (secondary N) is 1. The van der Waals surface area contributed by atoms with Gasteiger partial charge >= 0.3 is 5.97 Å². The minimum absolute atomic E-state index is 0.336. The SMILES string of the molecule is CCOC(=O)c1cc2c(C)c(N)ccc2[nH]1. The summed E-state index contributed by atoms with van der Waals surface area (Å²) in [5.74, 6) is -0.336. The van der Waals surface area contributed by atoms with E-state index in [-0.39, 0.29) is 5.97 Å². The van der Waals surface area contributed by atoms with E-state index in [1.165, 1.54) is 0 Å². The molecule has 0 aliphatic carbocycles. The molecule has 16 heavy (non-hydrogen) atoms. The summed E-state index contributed by atoms with van der Waals surface area (Å²) in [5.41, 5.74) is 8.86. The van der Waals surface area contributed by atoms with Gasteiger partial charge in [0.05, 0.1) is 6.61 Å². The lowest BCUT2D eigenvalue weighted by Crippen LogP contribution is -2.04. The maximum atomic E-state index is 11.5. The number of esters is 1. The van der Waals surface area contributed by atoms with Gasteiger partial charge in [0, 0.05) is 16.6 Å². The Balaban J connectivity index is 2.52. The second-order valence-electron chi connectivity index (χ2n) is 3.64. The van der Waals surface area contributed by atoms with Crippen LogP contribution in [0.2, 0.25) is 0 Å². The molecule has 4 nitrogen and oxygen atoms in total. The molecule has 4 heteroatoms. The first-order valence-electron chi connectivity index (χ1n) is 5.18. The lowest BCUT2D eigenvalue weighted by atomic mass is 10.1. The first-order valence-corrected chi connectivity index (χ1v) is 5.18. The number of anilines is 1. The Labute approximate surface area is 93.4 Å². The van der Waals surface area contributed by atoms with Crippen molar-refractivity contribution in [2.75, 3.05) is 12.3 Å². The van der Waals surface area contributed by atoms with E-state index in [0.29, 0.717) is 12.3 Å². The number of ether oxygens (including phenoxy) is 1. The molecular formula is C12H14N2O2. The fraction of sp³-hybridized carbons (Fsp3) is 0.250. The third-order valence-electron chi connectivity index (χ3n) is 2.61. The van der Waals surface area contributed by atoms with Gasteiger partial charge in [0.25, 0.3) is 0 Å². The van der Waals surface area contributed by atoms with Crippen molar-refractivity contribution >= 4 is 22.6 Å². The maximum absolute atomic E-state index is 11.5. The summed E-state index contributed by atoms with van der Waals surface area (Å²) in [6, 6.07) is 5.46. The fourth-order valence-corrected chi connectivity index (χ4v) is 1.68. The van der Waals surface area contributed by atoms with Crippen molar-refractivity contribution < 1.29 is 9.53 Å². The molecule has 0 saturated heterocycles. The zero-order chi connectivity index (χ0) is 11.7. The lowest BCUT2D eigenvalue weighted by molar-refractivity contribution is 0.0520. The molecule has 0 unspecified atom stereocenters. The van der Waals surface area contributed by atoms with Gasteiger partial charge in [-0.1, -0.05) is 0 Å². The highest BCUT2D eigenvalue weighted by Gasteiger charge is 2.11. The molecule has 84 valence electrons. The molecule has 1 aromatic heterocycles. The maximum Gasteiger partial charge on any atom is 0.354 e. The molecule has 0 spiro atoms. The van der Waals surface area contributed by atoms with Crippen molar-refractivity contribution in [2.45, 2.75) is 13.8 Å². The Hall–Kier alpha value is -1.97. The first kappa shape index (κ1) is 10.5. The zero-order valence-electron chi connectivity index (χ0n) is 9.33. The molecule has 0 radical (unpaired) electrons. The summed E-state index contributed by atoms with van der Waals surface area (Å²) >= 11 is 0. The highest BCUT2D eigenvalue weighted by molar-refractivity contribution is 5.97. The van der Waals surface area contributed by atoms with Gasteiger partial charge in [0.2, 0.25) is 0 Å². The number of hydrogen-bond donors (Lipinski definition) is 2. The molecule has 0 atom stereocenters. The molecule has 0 amide bonds. The van der Waals surface area contributed by atoms with Crippen LogP contribution in [0.5, 0.6) is 0 Å². The molecule has 0 aliphatic rings. The van der Waals surface area contributed by atoms with Crippen LogP contribution in [0.4, 0.5) is 5.69 Å². The molecular weight excluding hydrogens is 204 g/mol. The molecule has 2 rings (SSSR count). The second-order valence-corrected chi connectivity index (χ2v) is 3.64. The number of nitrogen functional groups attached to an aromatic ring is 1. The largest absolute Gasteiger partial charge is 0.461 e. The normalized spacial score (nSPS) is 10.6. The van der Waals surface area contributed by atoms with Crippen LogP contribution in [0.1, 0.15) is 23.0 Å². The van der Waals surface area contributed by atoms with Gasteiger partial charge < -0.3 is 15.5 Å². The van der Waals surface area contributed by atoms with E-state index in [9.17, 15) is 4.79 Å². The number of carbonyl (C=O) groups is 1. The number of aryl methyl sites for hydroxylation is 1. The minimum Gasteiger partial charge on any atom is -0.461 e. The Morgan fingerprint density at radius 1 is 1.50 bits per heavy atom. The topological polar surface area (TPSA) is 68.1 Å². The van der Waals surface area contributed by atoms with Gasteiger partial charge in [0.1, 0.15) is 5.69 Å². The standard InChI is InChI=1S/C12H14N2O2/c1-3-16-12(15)11-6-8-7(2)9(13)4-5-10(8)14-11/h4-6,14H,3,13H2,1-2H3. The number of rotatable bonds is 2. The third kappa shape index (κ3) is 1.62. The van der Waals surface area contributed by atoms with Crippen molar-refractivity contribution in [3.63, 3.8) is 0 Å². The van der Waals surface area contributed by atoms with E-state index in [0.717, 1.165) is 22.2 Å². The lowest BCUT2D eigenvalue weighted by Gasteiger charge is -1.99. The fourth-order valence-electron chi connectivity index (χ4n) is 1.68. The summed E-state index contributed by atoms with van der Waals surface area (Å²) in [6.07, 6.45) is 0. The van der Waals surface area contributed by atoms with Crippen molar-refractivity contribution in [3.8, 4) is 0 Å². The molecule has 1 heterocycles. The van der Waals surface area contributed by atoms with E-state index in [1.807, 2.05) is 19.1 Å². The number of aromatic nitrogens is 1. The van der Waals surface area contributed by atoms with Crippen molar-refractivity contribution in [2.24, 2.45) is 0 Å². The average molecular weight is 218 g/mol. The Bertz CT molecular complexity index is 543. The Kier molecular flexibility index (Phi) is 2.56. The highest BCUT2D eigenvalue weighted by atomic mass is 16.5. The van der Waals surface area contributed by atoms with Gasteiger partial charge in [-0.2, -0.15) is 0 Å². The Morgan fingerprint density at radius 3 is 2.94 bits per heavy atom. The summed E-state index contributed by atoms with van der Waals surface area (Å²) in [6.45, 7) is 4.08. The summed E-state index contributed by atoms with van der Waals surface area (Å²) in [5, 5.41) is 0.961. The molecule has 0 aliphatic heterocycles. The van der Waals surface area contributed by atoms with Crippen molar-refractivity contribution in [3.05, 3.63) is 29.5 Å². The molecule has 0 fully saturated rings. The van der Waals surface area contributed by atoms with Gasteiger partial charge in [-0.3, -0.25) is 0 Å². The quantitative estimate of drug-likeness (QED) is 0.600. The van der Waals surface area contributed by atoms with Crippen LogP contribution in [0.3, 0.4) is 0 Å². The van der Waals surface area contributed by atoms with E-state index in [4.69, 9.17) is 10.5 Å². The summed E-state index contributed by atoms with van der Waals surface area (Å²) in [4.78, 5) is 14.5. The van der Waals surface area contributed by atoms with Gasteiger partial charge in [-0.05, 0) is 37.6 Å². The van der Waals surface area contributed by atoms with Crippen LogP contribution in [0.25, 0.3) is 10.9 Å². The van der Waals surface area contributed by atoms with Gasteiger partial charge in [0.15, 0.2) is 0 Å². The van der Waals surface area contributed by atoms with Crippen LogP contribution in [-0.2, 0) is 4.74 Å². The highest BCUT2D eigenvalue weighted by Crippen LogP contribution is 2.24. The number of H-pyrrole nitrogens is 1. The predicted octanol–water partition coefficient (Wildman–Crippen LogP) is 2.24. The van der Waals surface area contributed by atoms with E-state index < -0.39 is 0 Å². The molecule has 3 N–H and O–H groups in total. The van der Waals surface area contributed by atoms with E-state index in [1.54, 1.807) is 13.0 Å². The third-order valence-corrected chi connectivity index (χ3v) is 2.61. The molecule has 2 aromatic rings. The second kappa shape index (κ2) is 3.89. The van der Waals surface area contributed by atoms with Crippen LogP contribution in [0, 0.1) is 6.92 Å². The molecule has 0 saturated carbocycles. The zero-order valence-corrected chi connectivity index (χ0v) is 9.33. The monoisotopic (exact) mass is 218 g/mol. The number of aromatic amines is 1. The van der Waals surface area contributed by atoms with E-state index in [2.05, 4.69) is 4.98 Å². The smallest absolute Gasteiger partial charge is 0.354 e. The van der Waals surface area contributed by atoms with E-state index >= 15 is 0 Å². The summed E-state index contributed by atoms with van der Waals surface area (Å²) in [7, 11) is 0. The average Bonchev–Trinajstić information content (AvgIpc) is 2.69. The number of benzene rings is 1. The minimum atomic E-state index is -0.336. The van der Waals surface area contributed by atoms with Crippen LogP contribution >= 0.6 is 0 Å². The first-order chi connectivity index (χ1) is 7.63. The number of nitrogens with two attached hydrogens (primary N) is 1. The predicted molar refractivity (Wildman–Crippen MR) is 63.4 cm³/mol. The van der Waals surface area contributed by atoms with Gasteiger partial charge in [-0.15, -0.1) is 0 Å². The number of carbonyl (C=O) groups excluding carboxylic acids is 1. The van der Waals surface area contributed by atoms with Crippen LogP contribution in [0.15, 0.2) is 18.2 Å².